The molecule has 0 aliphatic rings. The Labute approximate surface area is 102 Å². The van der Waals surface area contributed by atoms with E-state index in [0.717, 1.165) is 17.8 Å². The zero-order valence-electron chi connectivity index (χ0n) is 9.93. The number of benzene rings is 2. The van der Waals surface area contributed by atoms with Crippen molar-refractivity contribution < 1.29 is 0 Å². The smallest absolute Gasteiger partial charge is 0.0660 e. The first kappa shape index (κ1) is 11.4. The van der Waals surface area contributed by atoms with Crippen LogP contribution in [-0.2, 0) is 6.42 Å². The molecular weight excluding hydrogens is 208 g/mol. The lowest BCUT2D eigenvalue weighted by atomic mass is 10.0. The number of nitrogens with two attached hydrogens (primary N) is 1. The van der Waals surface area contributed by atoms with E-state index >= 15 is 0 Å². The molecule has 86 valence electrons. The molecule has 0 bridgehead atoms. The van der Waals surface area contributed by atoms with Crippen LogP contribution in [-0.4, -0.2) is 6.21 Å². The first-order valence-electron chi connectivity index (χ1n) is 5.70. The zero-order valence-corrected chi connectivity index (χ0v) is 9.93. The van der Waals surface area contributed by atoms with Gasteiger partial charge in [-0.3, -0.25) is 4.99 Å². The maximum atomic E-state index is 5.67. The fraction of sp³-hybridized carbons (Fsp3) is 0.133. The van der Waals surface area contributed by atoms with Crippen LogP contribution in [0.25, 0.3) is 0 Å². The van der Waals surface area contributed by atoms with Gasteiger partial charge in [-0.25, -0.2) is 0 Å². The number of nitrogens with zero attached hydrogens (tertiary/aromatic N) is 1. The van der Waals surface area contributed by atoms with E-state index in [4.69, 9.17) is 5.73 Å². The minimum absolute atomic E-state index is 0.800. The SMILES string of the molecule is CC=Nc1ccccc1Cc1ccc(N)cc1. The van der Waals surface area contributed by atoms with E-state index in [1.807, 2.05) is 43.5 Å². The van der Waals surface area contributed by atoms with Crippen molar-refractivity contribution in [3.8, 4) is 0 Å². The normalized spacial score (nSPS) is 10.9. The van der Waals surface area contributed by atoms with Gasteiger partial charge in [0.25, 0.3) is 0 Å². The number of para-hydroxylation sites is 1. The third kappa shape index (κ3) is 2.94. The summed E-state index contributed by atoms with van der Waals surface area (Å²) in [7, 11) is 0. The third-order valence-electron chi connectivity index (χ3n) is 2.63. The second kappa shape index (κ2) is 5.30. The van der Waals surface area contributed by atoms with Crippen LogP contribution in [0.1, 0.15) is 18.1 Å². The highest BCUT2D eigenvalue weighted by Gasteiger charge is 2.01. The molecule has 2 rings (SSSR count). The van der Waals surface area contributed by atoms with E-state index in [1.165, 1.54) is 11.1 Å². The van der Waals surface area contributed by atoms with E-state index in [1.54, 1.807) is 0 Å². The van der Waals surface area contributed by atoms with Gasteiger partial charge in [0.15, 0.2) is 0 Å². The number of hydrogen-bond acceptors (Lipinski definition) is 2. The van der Waals surface area contributed by atoms with Gasteiger partial charge in [-0.15, -0.1) is 0 Å². The fourth-order valence-electron chi connectivity index (χ4n) is 1.78. The molecule has 0 fully saturated rings. The Morgan fingerprint density at radius 1 is 1.06 bits per heavy atom. The van der Waals surface area contributed by atoms with Crippen molar-refractivity contribution in [2.24, 2.45) is 4.99 Å². The van der Waals surface area contributed by atoms with Crippen molar-refractivity contribution in [3.63, 3.8) is 0 Å². The Kier molecular flexibility index (Phi) is 3.55. The van der Waals surface area contributed by atoms with Crippen LogP contribution in [0.4, 0.5) is 11.4 Å². The monoisotopic (exact) mass is 224 g/mol. The van der Waals surface area contributed by atoms with Crippen molar-refractivity contribution in [1.29, 1.82) is 0 Å². The molecular formula is C15H16N2. The number of rotatable bonds is 3. The van der Waals surface area contributed by atoms with Crippen LogP contribution in [0.5, 0.6) is 0 Å². The van der Waals surface area contributed by atoms with Gasteiger partial charge in [0, 0.05) is 11.9 Å². The van der Waals surface area contributed by atoms with Crippen LogP contribution in [0, 0.1) is 0 Å². The van der Waals surface area contributed by atoms with Gasteiger partial charge in [-0.1, -0.05) is 30.3 Å². The minimum atomic E-state index is 0.800. The maximum Gasteiger partial charge on any atom is 0.0660 e. The summed E-state index contributed by atoms with van der Waals surface area (Å²) in [6.45, 7) is 1.93. The van der Waals surface area contributed by atoms with Crippen molar-refractivity contribution in [1.82, 2.24) is 0 Å². The van der Waals surface area contributed by atoms with E-state index < -0.39 is 0 Å². The average Bonchev–Trinajstić information content (AvgIpc) is 2.35. The van der Waals surface area contributed by atoms with Gasteiger partial charge in [-0.05, 0) is 42.7 Å². The number of hydrogen-bond donors (Lipinski definition) is 1. The molecule has 0 heterocycles. The van der Waals surface area contributed by atoms with Crippen molar-refractivity contribution >= 4 is 17.6 Å². The van der Waals surface area contributed by atoms with Gasteiger partial charge in [0.1, 0.15) is 0 Å². The Morgan fingerprint density at radius 2 is 1.76 bits per heavy atom. The highest BCUT2D eigenvalue weighted by atomic mass is 14.7. The zero-order chi connectivity index (χ0) is 12.1. The van der Waals surface area contributed by atoms with Gasteiger partial charge in [0.2, 0.25) is 0 Å². The number of anilines is 1. The Bertz CT molecular complexity index is 513. The van der Waals surface area contributed by atoms with Crippen molar-refractivity contribution in [3.05, 3.63) is 59.7 Å². The molecule has 0 saturated carbocycles. The topological polar surface area (TPSA) is 38.4 Å². The molecule has 17 heavy (non-hydrogen) atoms. The van der Waals surface area contributed by atoms with E-state index in [9.17, 15) is 0 Å². The third-order valence-corrected chi connectivity index (χ3v) is 2.63. The molecule has 0 aromatic heterocycles. The minimum Gasteiger partial charge on any atom is -0.399 e. The van der Waals surface area contributed by atoms with Crippen molar-refractivity contribution in [2.75, 3.05) is 5.73 Å². The van der Waals surface area contributed by atoms with E-state index in [2.05, 4.69) is 23.2 Å². The number of nitrogen functional groups attached to an aromatic ring is 1. The van der Waals surface area contributed by atoms with E-state index in [-0.39, 0.29) is 0 Å². The summed E-state index contributed by atoms with van der Waals surface area (Å²) in [6, 6.07) is 16.2. The second-order valence-electron chi connectivity index (χ2n) is 3.93. The summed E-state index contributed by atoms with van der Waals surface area (Å²) in [5.41, 5.74) is 9.99. The molecule has 0 atom stereocenters. The lowest BCUT2D eigenvalue weighted by Crippen LogP contribution is -1.90. The standard InChI is InChI=1S/C15H16N2/c1-2-17-15-6-4-3-5-13(15)11-12-7-9-14(16)10-8-12/h2-10H,11,16H2,1H3. The molecule has 2 aromatic rings. The molecule has 2 heteroatoms. The Hall–Kier alpha value is -2.09. The van der Waals surface area contributed by atoms with Gasteiger partial charge >= 0.3 is 0 Å². The lowest BCUT2D eigenvalue weighted by Gasteiger charge is -2.05. The fourth-order valence-corrected chi connectivity index (χ4v) is 1.78. The molecule has 0 unspecified atom stereocenters. The first-order valence-corrected chi connectivity index (χ1v) is 5.70. The molecule has 0 spiro atoms. The Balaban J connectivity index is 2.26. The first-order chi connectivity index (χ1) is 8.29. The summed E-state index contributed by atoms with van der Waals surface area (Å²) in [4.78, 5) is 4.37. The van der Waals surface area contributed by atoms with Gasteiger partial charge < -0.3 is 5.73 Å². The predicted molar refractivity (Wildman–Crippen MR) is 73.9 cm³/mol. The van der Waals surface area contributed by atoms with Crippen LogP contribution < -0.4 is 5.73 Å². The van der Waals surface area contributed by atoms with E-state index in [0.29, 0.717) is 0 Å². The van der Waals surface area contributed by atoms with Gasteiger partial charge in [-0.2, -0.15) is 0 Å². The molecule has 0 aliphatic carbocycles. The molecule has 2 nitrogen and oxygen atoms in total. The molecule has 2 aromatic carbocycles. The Morgan fingerprint density at radius 3 is 2.47 bits per heavy atom. The maximum absolute atomic E-state index is 5.67. The average molecular weight is 224 g/mol. The van der Waals surface area contributed by atoms with Crippen molar-refractivity contribution in [2.45, 2.75) is 13.3 Å². The second-order valence-corrected chi connectivity index (χ2v) is 3.93. The van der Waals surface area contributed by atoms with Gasteiger partial charge in [0.05, 0.1) is 5.69 Å². The quantitative estimate of drug-likeness (QED) is 0.628. The lowest BCUT2D eigenvalue weighted by molar-refractivity contribution is 1.18. The molecule has 0 radical (unpaired) electrons. The van der Waals surface area contributed by atoms with Crippen LogP contribution >= 0.6 is 0 Å². The molecule has 2 N–H and O–H groups in total. The summed E-state index contributed by atoms with van der Waals surface area (Å²) >= 11 is 0. The predicted octanol–water partition coefficient (Wildman–Crippen LogP) is 3.58. The largest absolute Gasteiger partial charge is 0.399 e. The molecule has 0 amide bonds. The van der Waals surface area contributed by atoms with Crippen LogP contribution in [0.15, 0.2) is 53.5 Å². The van der Waals surface area contributed by atoms with Crippen LogP contribution in [0.3, 0.4) is 0 Å². The highest BCUT2D eigenvalue weighted by Crippen LogP contribution is 2.21. The summed E-state index contributed by atoms with van der Waals surface area (Å²) in [5.74, 6) is 0. The summed E-state index contributed by atoms with van der Waals surface area (Å²) in [5, 5.41) is 0. The summed E-state index contributed by atoms with van der Waals surface area (Å²) in [6.07, 6.45) is 2.70. The summed E-state index contributed by atoms with van der Waals surface area (Å²) < 4.78 is 0. The molecule has 0 saturated heterocycles. The molecule has 0 aliphatic heterocycles. The highest BCUT2D eigenvalue weighted by molar-refractivity contribution is 5.62. The number of aliphatic imine (C=N–C) groups is 1. The van der Waals surface area contributed by atoms with Crippen LogP contribution in [0.2, 0.25) is 0 Å².